The minimum Gasteiger partial charge on any atom is -0.371 e. The number of hydrogen-bond donors (Lipinski definition) is 4. The highest BCUT2D eigenvalue weighted by Crippen LogP contribution is 2.22. The topological polar surface area (TPSA) is 136 Å². The van der Waals surface area contributed by atoms with Crippen LogP contribution in [0.2, 0.25) is 0 Å². The lowest BCUT2D eigenvalue weighted by atomic mass is 10.1. The van der Waals surface area contributed by atoms with E-state index in [2.05, 4.69) is 31.5 Å². The fourth-order valence-electron chi connectivity index (χ4n) is 5.88. The van der Waals surface area contributed by atoms with Crippen molar-refractivity contribution in [2.75, 3.05) is 50.0 Å². The maximum Gasteiger partial charge on any atom is 0.276 e. The largest absolute Gasteiger partial charge is 0.371 e. The molecule has 276 valence electrons. The maximum absolute atomic E-state index is 13.0. The minimum atomic E-state index is -0.318. The lowest BCUT2D eigenvalue weighted by molar-refractivity contribution is 0.0276. The predicted molar refractivity (Wildman–Crippen MR) is 199 cm³/mol. The van der Waals surface area contributed by atoms with Crippen molar-refractivity contribution in [3.63, 3.8) is 0 Å². The van der Waals surface area contributed by atoms with Gasteiger partial charge in [-0.1, -0.05) is 24.3 Å². The van der Waals surface area contributed by atoms with E-state index in [1.54, 1.807) is 48.8 Å². The van der Waals surface area contributed by atoms with Crippen LogP contribution in [0, 0.1) is 11.6 Å². The molecule has 14 heteroatoms. The Hall–Kier alpha value is -6.06. The molecule has 0 aliphatic carbocycles. The van der Waals surface area contributed by atoms with E-state index in [4.69, 9.17) is 9.47 Å². The smallest absolute Gasteiger partial charge is 0.276 e. The molecule has 2 atom stereocenters. The van der Waals surface area contributed by atoms with Gasteiger partial charge in [0, 0.05) is 49.9 Å². The molecule has 0 bridgehead atoms. The third kappa shape index (κ3) is 9.29. The Balaban J connectivity index is 0.000000167. The number of carbonyl (C=O) groups excluding carboxylic acids is 2. The van der Waals surface area contributed by atoms with Crippen LogP contribution in [0.3, 0.4) is 0 Å². The average Bonchev–Trinajstić information content (AvgIpc) is 3.92. The number of morpholine rings is 2. The zero-order chi connectivity index (χ0) is 37.3. The van der Waals surface area contributed by atoms with Crippen molar-refractivity contribution >= 4 is 23.2 Å². The summed E-state index contributed by atoms with van der Waals surface area (Å²) < 4.78 is 40.5. The number of carbonyl (C=O) groups is 2. The van der Waals surface area contributed by atoms with Crippen molar-refractivity contribution in [1.29, 1.82) is 0 Å². The van der Waals surface area contributed by atoms with E-state index in [0.717, 1.165) is 37.3 Å². The second-order valence-electron chi connectivity index (χ2n) is 12.5. The first-order valence-corrected chi connectivity index (χ1v) is 17.5. The van der Waals surface area contributed by atoms with E-state index in [9.17, 15) is 18.4 Å². The van der Waals surface area contributed by atoms with Gasteiger partial charge in [0.2, 0.25) is 0 Å². The SMILES string of the molecule is O=C(Nc1ccc([C@@H]2CNCCO2)cc1)c1ccn(-c2ccc(F)cc2)n1.O=C(Nc1ccc([C@H]2CNCCO2)cc1)c1ccn(-c2ccc(F)cc2)n1. The van der Waals surface area contributed by atoms with Crippen LogP contribution in [0.4, 0.5) is 20.2 Å². The molecule has 54 heavy (non-hydrogen) atoms. The fourth-order valence-corrected chi connectivity index (χ4v) is 5.88. The molecule has 8 rings (SSSR count). The number of rotatable bonds is 8. The molecule has 2 aromatic heterocycles. The van der Waals surface area contributed by atoms with Crippen LogP contribution in [0.5, 0.6) is 0 Å². The Morgan fingerprint density at radius 3 is 1.31 bits per heavy atom. The number of anilines is 2. The molecule has 4 aromatic carbocycles. The van der Waals surface area contributed by atoms with E-state index >= 15 is 0 Å². The van der Waals surface area contributed by atoms with Crippen LogP contribution in [-0.2, 0) is 9.47 Å². The van der Waals surface area contributed by atoms with Gasteiger partial charge in [0.05, 0.1) is 36.8 Å². The first kappa shape index (κ1) is 36.3. The molecule has 2 amide bonds. The highest BCUT2D eigenvalue weighted by atomic mass is 19.1. The third-order valence-corrected chi connectivity index (χ3v) is 8.76. The van der Waals surface area contributed by atoms with Gasteiger partial charge in [-0.05, 0) is 96.1 Å². The summed E-state index contributed by atoms with van der Waals surface area (Å²) in [5, 5.41) is 20.8. The van der Waals surface area contributed by atoms with Gasteiger partial charge >= 0.3 is 0 Å². The summed E-state index contributed by atoms with van der Waals surface area (Å²) >= 11 is 0. The van der Waals surface area contributed by atoms with Crippen LogP contribution in [0.15, 0.2) is 122 Å². The number of amides is 2. The predicted octanol–water partition coefficient (Wildman–Crippen LogP) is 5.85. The zero-order valence-corrected chi connectivity index (χ0v) is 29.1. The zero-order valence-electron chi connectivity index (χ0n) is 29.1. The summed E-state index contributed by atoms with van der Waals surface area (Å²) in [6, 6.07) is 30.2. The van der Waals surface area contributed by atoms with Crippen molar-refractivity contribution < 1.29 is 27.8 Å². The Morgan fingerprint density at radius 1 is 0.574 bits per heavy atom. The summed E-state index contributed by atoms with van der Waals surface area (Å²) in [6.45, 7) is 4.70. The van der Waals surface area contributed by atoms with Gasteiger partial charge in [-0.15, -0.1) is 0 Å². The molecule has 0 unspecified atom stereocenters. The standard InChI is InChI=1S/2C20H19FN4O2/c2*21-15-3-7-17(8-4-15)25-11-9-18(24-25)20(26)23-16-5-1-14(2-6-16)19-13-22-10-12-27-19/h2*1-9,11,19,22H,10,12-13H2,(H,23,26)/t2*19-/m10/s1. The first-order valence-electron chi connectivity index (χ1n) is 17.5. The maximum atomic E-state index is 13.0. The lowest BCUT2D eigenvalue weighted by Gasteiger charge is -2.24. The molecule has 0 spiro atoms. The van der Waals surface area contributed by atoms with Crippen molar-refractivity contribution in [2.45, 2.75) is 12.2 Å². The number of benzene rings is 4. The minimum absolute atomic E-state index is 0.0370. The molecule has 0 radical (unpaired) electrons. The van der Waals surface area contributed by atoms with Crippen LogP contribution in [0.25, 0.3) is 11.4 Å². The molecule has 4 heterocycles. The van der Waals surface area contributed by atoms with Gasteiger partial charge in [0.25, 0.3) is 11.8 Å². The van der Waals surface area contributed by atoms with E-state index in [1.807, 2.05) is 48.5 Å². The summed E-state index contributed by atoms with van der Waals surface area (Å²) in [5.41, 5.74) is 5.43. The second-order valence-corrected chi connectivity index (χ2v) is 12.5. The van der Waals surface area contributed by atoms with Gasteiger partial charge in [0.1, 0.15) is 11.6 Å². The van der Waals surface area contributed by atoms with Crippen LogP contribution in [-0.4, -0.2) is 70.8 Å². The fraction of sp³-hybridized carbons (Fsp3) is 0.200. The highest BCUT2D eigenvalue weighted by Gasteiger charge is 2.18. The molecule has 2 fully saturated rings. The van der Waals surface area contributed by atoms with Crippen molar-refractivity contribution in [3.05, 3.63) is 156 Å². The Labute approximate surface area is 310 Å². The number of aromatic nitrogens is 4. The number of nitrogens with zero attached hydrogens (tertiary/aromatic N) is 4. The molecule has 6 aromatic rings. The molecule has 2 aliphatic rings. The van der Waals surface area contributed by atoms with Gasteiger partial charge in [-0.3, -0.25) is 9.59 Å². The first-order chi connectivity index (χ1) is 26.4. The molecule has 2 saturated heterocycles. The Bertz CT molecular complexity index is 1990. The molecular weight excluding hydrogens is 694 g/mol. The van der Waals surface area contributed by atoms with E-state index in [-0.39, 0.29) is 47.0 Å². The molecule has 4 N–H and O–H groups in total. The van der Waals surface area contributed by atoms with Crippen LogP contribution >= 0.6 is 0 Å². The van der Waals surface area contributed by atoms with Gasteiger partial charge in [-0.2, -0.15) is 10.2 Å². The van der Waals surface area contributed by atoms with Crippen LogP contribution in [0.1, 0.15) is 44.3 Å². The Kier molecular flexibility index (Phi) is 11.5. The summed E-state index contributed by atoms with van der Waals surface area (Å²) in [5.74, 6) is -1.25. The number of hydrogen-bond acceptors (Lipinski definition) is 8. The van der Waals surface area contributed by atoms with Gasteiger partial charge in [-0.25, -0.2) is 18.1 Å². The van der Waals surface area contributed by atoms with Crippen molar-refractivity contribution in [2.24, 2.45) is 0 Å². The number of nitrogens with one attached hydrogen (secondary N) is 4. The number of halogens is 2. The van der Waals surface area contributed by atoms with E-state index in [0.29, 0.717) is 36.0 Å². The molecule has 0 saturated carbocycles. The summed E-state index contributed by atoms with van der Waals surface area (Å²) in [7, 11) is 0. The van der Waals surface area contributed by atoms with Gasteiger partial charge in [0.15, 0.2) is 11.4 Å². The quantitative estimate of drug-likeness (QED) is 0.153. The summed E-state index contributed by atoms with van der Waals surface area (Å²) in [4.78, 5) is 24.8. The summed E-state index contributed by atoms with van der Waals surface area (Å²) in [6.07, 6.45) is 3.40. The monoisotopic (exact) mass is 732 g/mol. The molecular formula is C40H38F2N8O4. The van der Waals surface area contributed by atoms with Gasteiger partial charge < -0.3 is 30.7 Å². The number of ether oxygens (including phenoxy) is 2. The van der Waals surface area contributed by atoms with Crippen molar-refractivity contribution in [1.82, 2.24) is 30.2 Å². The normalized spacial score (nSPS) is 16.9. The molecule has 12 nitrogen and oxygen atoms in total. The molecule has 2 aliphatic heterocycles. The third-order valence-electron chi connectivity index (χ3n) is 8.76. The average molecular weight is 733 g/mol. The van der Waals surface area contributed by atoms with Crippen LogP contribution < -0.4 is 21.3 Å². The van der Waals surface area contributed by atoms with E-state index in [1.165, 1.54) is 33.6 Å². The Morgan fingerprint density at radius 2 is 0.963 bits per heavy atom. The van der Waals surface area contributed by atoms with E-state index < -0.39 is 0 Å². The highest BCUT2D eigenvalue weighted by molar-refractivity contribution is 6.03. The second kappa shape index (κ2) is 17.2. The van der Waals surface area contributed by atoms with Crippen molar-refractivity contribution in [3.8, 4) is 11.4 Å². The lowest BCUT2D eigenvalue weighted by Crippen LogP contribution is -2.33.